The SMILES string of the molecule is COc1cc(C#N)cc2nc(N)n(Cc3ccc(S(N)(=O)=O)cc3)c12. The molecule has 0 aliphatic rings. The van der Waals surface area contributed by atoms with Crippen LogP contribution in [0.4, 0.5) is 5.95 Å². The summed E-state index contributed by atoms with van der Waals surface area (Å²) in [5, 5.41) is 14.2. The van der Waals surface area contributed by atoms with E-state index in [9.17, 15) is 8.42 Å². The van der Waals surface area contributed by atoms with Gasteiger partial charge in [0, 0.05) is 6.07 Å². The third kappa shape index (κ3) is 3.13. The fourth-order valence-corrected chi connectivity index (χ4v) is 3.11. The first-order chi connectivity index (χ1) is 11.8. The summed E-state index contributed by atoms with van der Waals surface area (Å²) < 4.78 is 29.8. The monoisotopic (exact) mass is 357 g/mol. The number of anilines is 1. The summed E-state index contributed by atoms with van der Waals surface area (Å²) in [4.78, 5) is 4.31. The van der Waals surface area contributed by atoms with Crippen LogP contribution >= 0.6 is 0 Å². The summed E-state index contributed by atoms with van der Waals surface area (Å²) >= 11 is 0. The molecule has 0 radical (unpaired) electrons. The van der Waals surface area contributed by atoms with E-state index in [1.165, 1.54) is 19.2 Å². The number of fused-ring (bicyclic) bond motifs is 1. The van der Waals surface area contributed by atoms with Crippen molar-refractivity contribution < 1.29 is 13.2 Å². The highest BCUT2D eigenvalue weighted by molar-refractivity contribution is 7.89. The molecule has 128 valence electrons. The number of hydrogen-bond donors (Lipinski definition) is 2. The van der Waals surface area contributed by atoms with Crippen molar-refractivity contribution >= 4 is 27.0 Å². The predicted octanol–water partition coefficient (Wildman–Crippen LogP) is 1.19. The first-order valence-corrected chi connectivity index (χ1v) is 8.73. The fourth-order valence-electron chi connectivity index (χ4n) is 2.60. The molecule has 0 bridgehead atoms. The average molecular weight is 357 g/mol. The third-order valence-corrected chi connectivity index (χ3v) is 4.71. The highest BCUT2D eigenvalue weighted by atomic mass is 32.2. The molecule has 3 rings (SSSR count). The maximum absolute atomic E-state index is 11.3. The Morgan fingerprint density at radius 1 is 1.28 bits per heavy atom. The molecule has 0 spiro atoms. The van der Waals surface area contributed by atoms with E-state index in [4.69, 9.17) is 20.9 Å². The molecular weight excluding hydrogens is 342 g/mol. The molecule has 3 aromatic rings. The van der Waals surface area contributed by atoms with Gasteiger partial charge in [-0.15, -0.1) is 0 Å². The maximum atomic E-state index is 11.3. The number of imidazole rings is 1. The number of aromatic nitrogens is 2. The number of nitriles is 1. The van der Waals surface area contributed by atoms with Crippen LogP contribution in [0.3, 0.4) is 0 Å². The summed E-state index contributed by atoms with van der Waals surface area (Å²) in [6, 6.07) is 11.5. The number of primary sulfonamides is 1. The van der Waals surface area contributed by atoms with E-state index >= 15 is 0 Å². The molecule has 9 heteroatoms. The van der Waals surface area contributed by atoms with Gasteiger partial charge in [-0.1, -0.05) is 12.1 Å². The van der Waals surface area contributed by atoms with E-state index in [0.717, 1.165) is 5.56 Å². The molecular formula is C16H15N5O3S. The highest BCUT2D eigenvalue weighted by Crippen LogP contribution is 2.30. The quantitative estimate of drug-likeness (QED) is 0.719. The molecule has 2 aromatic carbocycles. The number of nitrogens with zero attached hydrogens (tertiary/aromatic N) is 3. The second-order valence-corrected chi connectivity index (χ2v) is 6.96. The Balaban J connectivity index is 2.07. The Labute approximate surface area is 144 Å². The number of rotatable bonds is 4. The molecule has 0 aliphatic carbocycles. The van der Waals surface area contributed by atoms with Crippen LogP contribution in [-0.2, 0) is 16.6 Å². The van der Waals surface area contributed by atoms with Gasteiger partial charge in [0.15, 0.2) is 0 Å². The third-order valence-electron chi connectivity index (χ3n) is 3.78. The van der Waals surface area contributed by atoms with Crippen molar-refractivity contribution in [2.24, 2.45) is 5.14 Å². The molecule has 4 N–H and O–H groups in total. The summed E-state index contributed by atoms with van der Waals surface area (Å²) in [6.45, 7) is 0.357. The zero-order chi connectivity index (χ0) is 18.2. The number of sulfonamides is 1. The number of benzene rings is 2. The number of methoxy groups -OCH3 is 1. The minimum absolute atomic E-state index is 0.0379. The van der Waals surface area contributed by atoms with Crippen LogP contribution in [0.2, 0.25) is 0 Å². The molecule has 25 heavy (non-hydrogen) atoms. The molecule has 0 amide bonds. The average Bonchev–Trinajstić information content (AvgIpc) is 2.89. The second kappa shape index (κ2) is 6.08. The van der Waals surface area contributed by atoms with Crippen LogP contribution in [0, 0.1) is 11.3 Å². The summed E-state index contributed by atoms with van der Waals surface area (Å²) in [6.07, 6.45) is 0. The van der Waals surface area contributed by atoms with E-state index in [1.54, 1.807) is 28.8 Å². The zero-order valence-corrected chi connectivity index (χ0v) is 14.1. The molecule has 0 saturated heterocycles. The van der Waals surface area contributed by atoms with E-state index in [0.29, 0.717) is 28.9 Å². The van der Waals surface area contributed by atoms with Crippen molar-refractivity contribution in [2.45, 2.75) is 11.4 Å². The number of nitrogens with two attached hydrogens (primary N) is 2. The van der Waals surface area contributed by atoms with Gasteiger partial charge in [-0.25, -0.2) is 18.5 Å². The van der Waals surface area contributed by atoms with Crippen molar-refractivity contribution in [2.75, 3.05) is 12.8 Å². The second-order valence-electron chi connectivity index (χ2n) is 5.40. The van der Waals surface area contributed by atoms with Gasteiger partial charge < -0.3 is 15.0 Å². The minimum Gasteiger partial charge on any atom is -0.494 e. The molecule has 0 saturated carbocycles. The maximum Gasteiger partial charge on any atom is 0.238 e. The van der Waals surface area contributed by atoms with Crippen LogP contribution < -0.4 is 15.6 Å². The molecule has 0 unspecified atom stereocenters. The van der Waals surface area contributed by atoms with Crippen molar-refractivity contribution in [3.8, 4) is 11.8 Å². The van der Waals surface area contributed by atoms with Crippen LogP contribution in [0.5, 0.6) is 5.75 Å². The van der Waals surface area contributed by atoms with Crippen LogP contribution in [-0.4, -0.2) is 25.1 Å². The van der Waals surface area contributed by atoms with E-state index in [2.05, 4.69) is 11.1 Å². The lowest BCUT2D eigenvalue weighted by Gasteiger charge is -2.10. The Bertz CT molecular complexity index is 1100. The summed E-state index contributed by atoms with van der Waals surface area (Å²) in [5.74, 6) is 0.748. The van der Waals surface area contributed by atoms with Crippen molar-refractivity contribution in [3.63, 3.8) is 0 Å². The molecule has 1 heterocycles. The van der Waals surface area contributed by atoms with E-state index in [-0.39, 0.29) is 10.8 Å². The van der Waals surface area contributed by atoms with Gasteiger partial charge in [0.2, 0.25) is 16.0 Å². The van der Waals surface area contributed by atoms with Gasteiger partial charge in [-0.2, -0.15) is 5.26 Å². The summed E-state index contributed by atoms with van der Waals surface area (Å²) in [7, 11) is -2.23. The van der Waals surface area contributed by atoms with Crippen molar-refractivity contribution in [1.82, 2.24) is 9.55 Å². The standard InChI is InChI=1S/C16H15N5O3S/c1-24-14-7-11(8-17)6-13-15(14)21(16(18)20-13)9-10-2-4-12(5-3-10)25(19,22)23/h2-7H,9H2,1H3,(H2,18,20)(H2,19,22,23). The molecule has 0 aliphatic heterocycles. The summed E-state index contributed by atoms with van der Waals surface area (Å²) in [5.41, 5.74) is 8.46. The smallest absolute Gasteiger partial charge is 0.238 e. The largest absolute Gasteiger partial charge is 0.494 e. The number of nitrogen functional groups attached to an aromatic ring is 1. The molecule has 1 aromatic heterocycles. The molecule has 0 fully saturated rings. The van der Waals surface area contributed by atoms with Gasteiger partial charge in [-0.05, 0) is 23.8 Å². The lowest BCUT2D eigenvalue weighted by atomic mass is 10.2. The van der Waals surface area contributed by atoms with Crippen LogP contribution in [0.15, 0.2) is 41.3 Å². The fraction of sp³-hybridized carbons (Fsp3) is 0.125. The molecule has 0 atom stereocenters. The first-order valence-electron chi connectivity index (χ1n) is 7.19. The van der Waals surface area contributed by atoms with Crippen molar-refractivity contribution in [1.29, 1.82) is 5.26 Å². The minimum atomic E-state index is -3.74. The van der Waals surface area contributed by atoms with Gasteiger partial charge >= 0.3 is 0 Å². The first kappa shape index (κ1) is 16.8. The van der Waals surface area contributed by atoms with Gasteiger partial charge in [0.05, 0.1) is 35.7 Å². The topological polar surface area (TPSA) is 137 Å². The van der Waals surface area contributed by atoms with Gasteiger partial charge in [-0.3, -0.25) is 0 Å². The Hall–Kier alpha value is -3.09. The number of ether oxygens (including phenoxy) is 1. The van der Waals surface area contributed by atoms with E-state index < -0.39 is 10.0 Å². The Morgan fingerprint density at radius 2 is 1.96 bits per heavy atom. The lowest BCUT2D eigenvalue weighted by Crippen LogP contribution is -2.12. The van der Waals surface area contributed by atoms with Crippen LogP contribution in [0.1, 0.15) is 11.1 Å². The van der Waals surface area contributed by atoms with Gasteiger partial charge in [0.25, 0.3) is 0 Å². The zero-order valence-electron chi connectivity index (χ0n) is 13.3. The van der Waals surface area contributed by atoms with Crippen LogP contribution in [0.25, 0.3) is 11.0 Å². The Morgan fingerprint density at radius 3 is 2.52 bits per heavy atom. The van der Waals surface area contributed by atoms with Crippen molar-refractivity contribution in [3.05, 3.63) is 47.5 Å². The Kier molecular flexibility index (Phi) is 4.08. The molecule has 8 nitrogen and oxygen atoms in total. The highest BCUT2D eigenvalue weighted by Gasteiger charge is 2.15. The van der Waals surface area contributed by atoms with Gasteiger partial charge in [0.1, 0.15) is 11.3 Å². The number of hydrogen-bond acceptors (Lipinski definition) is 6. The van der Waals surface area contributed by atoms with E-state index in [1.807, 2.05) is 0 Å². The predicted molar refractivity (Wildman–Crippen MR) is 92.3 cm³/mol. The normalized spacial score (nSPS) is 11.4. The lowest BCUT2D eigenvalue weighted by molar-refractivity contribution is 0.417.